The van der Waals surface area contributed by atoms with E-state index >= 15 is 0 Å². The number of benzene rings is 2. The van der Waals surface area contributed by atoms with E-state index in [1.165, 1.54) is 11.1 Å². The van der Waals surface area contributed by atoms with Gasteiger partial charge in [-0.05, 0) is 59.1 Å². The molecule has 0 aliphatic heterocycles. The number of hydrogen-bond acceptors (Lipinski definition) is 1. The average Bonchev–Trinajstić information content (AvgIpc) is 2.56. The number of aromatic carboxylic acids is 1. The van der Waals surface area contributed by atoms with Gasteiger partial charge in [-0.2, -0.15) is 0 Å². The molecule has 0 heterocycles. The van der Waals surface area contributed by atoms with E-state index in [0.717, 1.165) is 30.5 Å². The smallest absolute Gasteiger partial charge is 0.341 e. The van der Waals surface area contributed by atoms with Gasteiger partial charge in [-0.1, -0.05) is 45.6 Å². The molecule has 2 nitrogen and oxygen atoms in total. The van der Waals surface area contributed by atoms with Crippen LogP contribution in [0.15, 0.2) is 30.3 Å². The van der Waals surface area contributed by atoms with Crippen molar-refractivity contribution < 1.29 is 18.7 Å². The van der Waals surface area contributed by atoms with Crippen molar-refractivity contribution in [1.29, 1.82) is 0 Å². The highest BCUT2D eigenvalue weighted by molar-refractivity contribution is 5.88. The third kappa shape index (κ3) is 3.60. The number of carbonyl (C=O) groups is 1. The first-order valence-electron chi connectivity index (χ1n) is 8.91. The molecule has 0 unspecified atom stereocenters. The summed E-state index contributed by atoms with van der Waals surface area (Å²) in [6.45, 7) is 8.91. The van der Waals surface area contributed by atoms with Crippen LogP contribution in [0.25, 0.3) is 0 Å². The summed E-state index contributed by atoms with van der Waals surface area (Å²) in [5.41, 5.74) is 2.63. The first-order chi connectivity index (χ1) is 12.5. The van der Waals surface area contributed by atoms with Gasteiger partial charge in [-0.15, -0.1) is 0 Å². The van der Waals surface area contributed by atoms with Crippen molar-refractivity contribution in [2.75, 3.05) is 0 Å². The molecule has 2 aromatic carbocycles. The van der Waals surface area contributed by atoms with Crippen LogP contribution in [0.4, 0.5) is 8.78 Å². The average molecular weight is 368 g/mol. The molecule has 140 valence electrons. The first kappa shape index (κ1) is 19.1. The number of hydrogen-bond donors (Lipinski definition) is 1. The van der Waals surface area contributed by atoms with E-state index in [1.807, 2.05) is 6.07 Å². The fourth-order valence-electron chi connectivity index (χ4n) is 3.66. The Bertz CT molecular complexity index is 968. The summed E-state index contributed by atoms with van der Waals surface area (Å²) in [5, 5.41) is 8.83. The van der Waals surface area contributed by atoms with Gasteiger partial charge in [0.1, 0.15) is 17.2 Å². The summed E-state index contributed by atoms with van der Waals surface area (Å²) >= 11 is 0. The SMILES string of the molecule is CC1(C)CCC(C)(C)c2cc(C#Cc3cc(F)c(C(=O)O)c(F)c3)ccc21. The van der Waals surface area contributed by atoms with Crippen LogP contribution in [0.5, 0.6) is 0 Å². The second-order valence-electron chi connectivity index (χ2n) is 8.40. The van der Waals surface area contributed by atoms with E-state index < -0.39 is 23.2 Å². The van der Waals surface area contributed by atoms with Crippen molar-refractivity contribution in [3.05, 3.63) is 69.8 Å². The summed E-state index contributed by atoms with van der Waals surface area (Å²) < 4.78 is 27.6. The summed E-state index contributed by atoms with van der Waals surface area (Å²) in [4.78, 5) is 10.9. The lowest BCUT2D eigenvalue weighted by Crippen LogP contribution is -2.33. The topological polar surface area (TPSA) is 37.3 Å². The van der Waals surface area contributed by atoms with Crippen LogP contribution in [-0.2, 0) is 10.8 Å². The molecule has 0 saturated carbocycles. The molecule has 1 aliphatic carbocycles. The third-order valence-electron chi connectivity index (χ3n) is 5.46. The number of rotatable bonds is 1. The molecular weight excluding hydrogens is 346 g/mol. The Morgan fingerprint density at radius 1 is 0.889 bits per heavy atom. The molecule has 0 aromatic heterocycles. The zero-order valence-electron chi connectivity index (χ0n) is 15.9. The fourth-order valence-corrected chi connectivity index (χ4v) is 3.66. The minimum absolute atomic E-state index is 0.0455. The van der Waals surface area contributed by atoms with E-state index in [-0.39, 0.29) is 16.4 Å². The van der Waals surface area contributed by atoms with Gasteiger partial charge in [0.25, 0.3) is 0 Å². The molecule has 0 bridgehead atoms. The summed E-state index contributed by atoms with van der Waals surface area (Å²) in [5.74, 6) is 1.80. The lowest BCUT2D eigenvalue weighted by Gasteiger charge is -2.41. The number of fused-ring (bicyclic) bond motifs is 1. The monoisotopic (exact) mass is 368 g/mol. The molecule has 0 saturated heterocycles. The normalized spacial score (nSPS) is 16.8. The summed E-state index contributed by atoms with van der Waals surface area (Å²) in [7, 11) is 0. The largest absolute Gasteiger partial charge is 0.477 e. The Labute approximate surface area is 158 Å². The van der Waals surface area contributed by atoms with Gasteiger partial charge in [0.2, 0.25) is 0 Å². The molecule has 27 heavy (non-hydrogen) atoms. The van der Waals surface area contributed by atoms with Crippen molar-refractivity contribution in [3.63, 3.8) is 0 Å². The van der Waals surface area contributed by atoms with Crippen molar-refractivity contribution in [2.24, 2.45) is 0 Å². The van der Waals surface area contributed by atoms with E-state index in [1.54, 1.807) is 0 Å². The van der Waals surface area contributed by atoms with Gasteiger partial charge in [-0.3, -0.25) is 0 Å². The van der Waals surface area contributed by atoms with E-state index in [0.29, 0.717) is 0 Å². The quantitative estimate of drug-likeness (QED) is 0.683. The second-order valence-corrected chi connectivity index (χ2v) is 8.40. The highest BCUT2D eigenvalue weighted by atomic mass is 19.1. The van der Waals surface area contributed by atoms with Gasteiger partial charge in [0.15, 0.2) is 0 Å². The van der Waals surface area contributed by atoms with Crippen LogP contribution >= 0.6 is 0 Å². The lowest BCUT2D eigenvalue weighted by atomic mass is 9.63. The predicted molar refractivity (Wildman–Crippen MR) is 101 cm³/mol. The molecule has 2 aromatic rings. The zero-order chi connectivity index (χ0) is 20.0. The van der Waals surface area contributed by atoms with Crippen LogP contribution < -0.4 is 0 Å². The summed E-state index contributed by atoms with van der Waals surface area (Å²) in [6.07, 6.45) is 2.20. The van der Waals surface area contributed by atoms with Gasteiger partial charge in [-0.25, -0.2) is 13.6 Å². The maximum absolute atomic E-state index is 13.8. The Balaban J connectivity index is 2.01. The Hall–Kier alpha value is -2.67. The summed E-state index contributed by atoms with van der Waals surface area (Å²) in [6, 6.07) is 7.97. The van der Waals surface area contributed by atoms with Crippen molar-refractivity contribution in [3.8, 4) is 11.8 Å². The molecule has 0 amide bonds. The molecular formula is C23H22F2O2. The maximum Gasteiger partial charge on any atom is 0.341 e. The molecule has 3 rings (SSSR count). The molecule has 0 atom stereocenters. The van der Waals surface area contributed by atoms with Gasteiger partial charge in [0.05, 0.1) is 0 Å². The molecule has 0 spiro atoms. The Morgan fingerprint density at radius 2 is 1.41 bits per heavy atom. The predicted octanol–water partition coefficient (Wildman–Crippen LogP) is 5.41. The van der Waals surface area contributed by atoms with E-state index in [2.05, 4.69) is 51.7 Å². The lowest BCUT2D eigenvalue weighted by molar-refractivity contribution is 0.0686. The fraction of sp³-hybridized carbons (Fsp3) is 0.348. The van der Waals surface area contributed by atoms with Crippen LogP contribution in [0.2, 0.25) is 0 Å². The number of carboxylic acid groups (broad SMARTS) is 1. The molecule has 1 N–H and O–H groups in total. The highest BCUT2D eigenvalue weighted by Gasteiger charge is 2.36. The minimum atomic E-state index is -1.64. The van der Waals surface area contributed by atoms with Crippen molar-refractivity contribution in [1.82, 2.24) is 0 Å². The number of halogens is 2. The maximum atomic E-state index is 13.8. The molecule has 1 aliphatic rings. The van der Waals surface area contributed by atoms with Crippen LogP contribution in [-0.4, -0.2) is 11.1 Å². The van der Waals surface area contributed by atoms with E-state index in [4.69, 9.17) is 5.11 Å². The molecule has 0 fully saturated rings. The van der Waals surface area contributed by atoms with Crippen LogP contribution in [0.1, 0.15) is 73.1 Å². The third-order valence-corrected chi connectivity index (χ3v) is 5.46. The van der Waals surface area contributed by atoms with Crippen LogP contribution in [0, 0.1) is 23.5 Å². The Kier molecular flexibility index (Phi) is 4.59. The second kappa shape index (κ2) is 6.49. The number of carboxylic acids is 1. The first-order valence-corrected chi connectivity index (χ1v) is 8.91. The highest BCUT2D eigenvalue weighted by Crippen LogP contribution is 2.45. The van der Waals surface area contributed by atoms with Crippen molar-refractivity contribution in [2.45, 2.75) is 51.4 Å². The molecule has 4 heteroatoms. The van der Waals surface area contributed by atoms with E-state index in [9.17, 15) is 13.6 Å². The zero-order valence-corrected chi connectivity index (χ0v) is 15.9. The minimum Gasteiger partial charge on any atom is -0.477 e. The van der Waals surface area contributed by atoms with Crippen molar-refractivity contribution >= 4 is 5.97 Å². The Morgan fingerprint density at radius 3 is 1.96 bits per heavy atom. The van der Waals surface area contributed by atoms with Gasteiger partial charge in [0, 0.05) is 11.1 Å². The van der Waals surface area contributed by atoms with Gasteiger partial charge >= 0.3 is 5.97 Å². The molecule has 0 radical (unpaired) electrons. The standard InChI is InChI=1S/C23H22F2O2/c1-22(2)9-10-23(3,4)17-11-14(7-8-16(17)22)5-6-15-12-18(24)20(21(26)27)19(25)13-15/h7-8,11-13H,9-10H2,1-4H3,(H,26,27). The van der Waals surface area contributed by atoms with Gasteiger partial charge < -0.3 is 5.11 Å². The van der Waals surface area contributed by atoms with Crippen LogP contribution in [0.3, 0.4) is 0 Å².